The van der Waals surface area contributed by atoms with E-state index in [1.165, 1.54) is 0 Å². The normalized spacial score (nSPS) is 12.3. The molecule has 0 spiro atoms. The fourth-order valence-electron chi connectivity index (χ4n) is 1.97. The minimum Gasteiger partial charge on any atom is -0.288 e. The topological polar surface area (TPSA) is 34.1 Å². The first kappa shape index (κ1) is 15.2. The van der Waals surface area contributed by atoms with Gasteiger partial charge in [0, 0.05) is 5.56 Å². The summed E-state index contributed by atoms with van der Waals surface area (Å²) in [6.07, 6.45) is 0. The van der Waals surface area contributed by atoms with E-state index in [0.717, 1.165) is 0 Å². The fraction of sp³-hybridized carbons (Fsp3) is 0.133. The Bertz CT molecular complexity index is 650. The molecule has 2 rings (SSSR count). The van der Waals surface area contributed by atoms with E-state index >= 15 is 0 Å². The first-order chi connectivity index (χ1) is 9.56. The molecule has 20 heavy (non-hydrogen) atoms. The summed E-state index contributed by atoms with van der Waals surface area (Å²) in [5.41, 5.74) is 1.19. The van der Waals surface area contributed by atoms with Gasteiger partial charge in [-0.25, -0.2) is 0 Å². The van der Waals surface area contributed by atoms with Gasteiger partial charge in [-0.2, -0.15) is 0 Å². The van der Waals surface area contributed by atoms with E-state index in [-0.39, 0.29) is 25.5 Å². The number of hydrogen-bond acceptors (Lipinski definition) is 2. The predicted molar refractivity (Wildman–Crippen MR) is 82.4 cm³/mol. The Morgan fingerprint density at radius 1 is 1.05 bits per heavy atom. The third kappa shape index (κ3) is 2.93. The van der Waals surface area contributed by atoms with Gasteiger partial charge in [0.1, 0.15) is 0 Å². The molecule has 0 radical (unpaired) electrons. The lowest BCUT2D eigenvalue weighted by molar-refractivity contribution is 0.103. The molecule has 102 valence electrons. The maximum absolute atomic E-state index is 12.7. The Labute approximate surface area is 128 Å². The summed E-state index contributed by atoms with van der Waals surface area (Å²) in [7, 11) is -0.0365. The third-order valence-corrected chi connectivity index (χ3v) is 4.23. The number of ketones is 1. The highest BCUT2D eigenvalue weighted by Crippen LogP contribution is 2.33. The molecule has 0 aliphatic carbocycles. The van der Waals surface area contributed by atoms with Crippen LogP contribution in [0.5, 0.6) is 0 Å². The van der Waals surface area contributed by atoms with Gasteiger partial charge in [-0.15, -0.1) is 0 Å². The highest BCUT2D eigenvalue weighted by atomic mass is 35.5. The summed E-state index contributed by atoms with van der Waals surface area (Å²) in [5, 5.41) is 0.620. The Balaban J connectivity index is 2.57. The van der Waals surface area contributed by atoms with Crippen LogP contribution in [-0.4, -0.2) is 5.78 Å². The van der Waals surface area contributed by atoms with Crippen molar-refractivity contribution in [3.05, 3.63) is 69.2 Å². The molecule has 5 heteroatoms. The van der Waals surface area contributed by atoms with E-state index < -0.39 is 0 Å². The molecule has 1 unspecified atom stereocenters. The van der Waals surface area contributed by atoms with E-state index in [4.69, 9.17) is 23.2 Å². The van der Waals surface area contributed by atoms with Crippen LogP contribution in [0.25, 0.3) is 0 Å². The second-order valence-electron chi connectivity index (χ2n) is 4.29. The first-order valence-corrected chi connectivity index (χ1v) is 7.60. The van der Waals surface area contributed by atoms with Gasteiger partial charge >= 0.3 is 0 Å². The van der Waals surface area contributed by atoms with Crippen LogP contribution in [0, 0.1) is 0 Å². The first-order valence-electron chi connectivity index (χ1n) is 5.96. The number of hydrogen-bond donors (Lipinski definition) is 0. The number of rotatable bonds is 4. The summed E-state index contributed by atoms with van der Waals surface area (Å²) >= 11 is 12.1. The van der Waals surface area contributed by atoms with Crippen LogP contribution in [-0.2, 0) is 4.57 Å². The van der Waals surface area contributed by atoms with Gasteiger partial charge in [-0.3, -0.25) is 9.36 Å². The van der Waals surface area contributed by atoms with E-state index in [1.807, 2.05) is 6.07 Å². The lowest BCUT2D eigenvalue weighted by Gasteiger charge is -2.12. The van der Waals surface area contributed by atoms with Crippen LogP contribution < -0.4 is 0 Å². The molecule has 0 heterocycles. The molecular formula is C15H11Cl2O2P. The van der Waals surface area contributed by atoms with Crippen molar-refractivity contribution in [3.63, 3.8) is 0 Å². The van der Waals surface area contributed by atoms with E-state index in [0.29, 0.717) is 21.2 Å². The molecular weight excluding hydrogens is 314 g/mol. The molecule has 0 saturated heterocycles. The van der Waals surface area contributed by atoms with E-state index in [2.05, 4.69) is 0 Å². The minimum absolute atomic E-state index is 0.0365. The SMILES string of the molecule is CC(P=O)c1ccccc1C(=O)c1c(Cl)cccc1Cl. The van der Waals surface area contributed by atoms with Gasteiger partial charge in [0.2, 0.25) is 0 Å². The quantitative estimate of drug-likeness (QED) is 0.543. The van der Waals surface area contributed by atoms with Gasteiger partial charge < -0.3 is 0 Å². The zero-order valence-electron chi connectivity index (χ0n) is 10.6. The molecule has 0 aliphatic heterocycles. The molecule has 0 aromatic heterocycles. The summed E-state index contributed by atoms with van der Waals surface area (Å²) in [5.74, 6) is -0.258. The lowest BCUT2D eigenvalue weighted by atomic mass is 9.97. The molecule has 1 atom stereocenters. The lowest BCUT2D eigenvalue weighted by Crippen LogP contribution is -2.07. The van der Waals surface area contributed by atoms with Crippen molar-refractivity contribution < 1.29 is 9.36 Å². The second kappa shape index (κ2) is 6.49. The van der Waals surface area contributed by atoms with Crippen molar-refractivity contribution in [1.29, 1.82) is 0 Å². The van der Waals surface area contributed by atoms with Crippen molar-refractivity contribution in [2.75, 3.05) is 0 Å². The van der Waals surface area contributed by atoms with Gasteiger partial charge in [0.05, 0.1) is 21.3 Å². The molecule has 2 nitrogen and oxygen atoms in total. The van der Waals surface area contributed by atoms with Gasteiger partial charge in [-0.05, 0) is 24.6 Å². The number of carbonyl (C=O) groups excluding carboxylic acids is 1. The smallest absolute Gasteiger partial charge is 0.196 e. The van der Waals surface area contributed by atoms with Crippen molar-refractivity contribution >= 4 is 37.4 Å². The van der Waals surface area contributed by atoms with Crippen molar-refractivity contribution in [2.24, 2.45) is 0 Å². The molecule has 0 amide bonds. The van der Waals surface area contributed by atoms with E-state index in [1.54, 1.807) is 43.3 Å². The molecule has 0 saturated carbocycles. The van der Waals surface area contributed by atoms with Crippen molar-refractivity contribution in [2.45, 2.75) is 12.6 Å². The zero-order chi connectivity index (χ0) is 14.7. The minimum atomic E-state index is -0.267. The number of benzene rings is 2. The number of halogens is 2. The van der Waals surface area contributed by atoms with Crippen LogP contribution >= 0.6 is 31.7 Å². The largest absolute Gasteiger partial charge is 0.288 e. The van der Waals surface area contributed by atoms with Crippen LogP contribution in [0.3, 0.4) is 0 Å². The van der Waals surface area contributed by atoms with Gasteiger partial charge in [0.15, 0.2) is 14.2 Å². The molecule has 0 fully saturated rings. The summed E-state index contributed by atoms with van der Waals surface area (Å²) in [6, 6.07) is 12.0. The summed E-state index contributed by atoms with van der Waals surface area (Å²) < 4.78 is 11.1. The maximum Gasteiger partial charge on any atom is 0.196 e. The Morgan fingerprint density at radius 2 is 1.65 bits per heavy atom. The molecule has 0 N–H and O–H groups in total. The molecule has 2 aromatic carbocycles. The van der Waals surface area contributed by atoms with Gasteiger partial charge in [0.25, 0.3) is 0 Å². The molecule has 0 bridgehead atoms. The standard InChI is InChI=1S/C15H11Cl2O2P/c1-9(20-19)10-5-2-3-6-11(10)15(18)14-12(16)7-4-8-13(14)17/h2-9H,1H3. The fourth-order valence-corrected chi connectivity index (χ4v) is 2.88. The molecule has 2 aromatic rings. The zero-order valence-corrected chi connectivity index (χ0v) is 13.0. The Kier molecular flexibility index (Phi) is 4.93. The highest BCUT2D eigenvalue weighted by molar-refractivity contribution is 7.24. The second-order valence-corrected chi connectivity index (χ2v) is 6.09. The van der Waals surface area contributed by atoms with Crippen LogP contribution in [0.15, 0.2) is 42.5 Å². The van der Waals surface area contributed by atoms with Crippen LogP contribution in [0.4, 0.5) is 0 Å². The summed E-state index contributed by atoms with van der Waals surface area (Å²) in [6.45, 7) is 1.79. The maximum atomic E-state index is 12.7. The summed E-state index contributed by atoms with van der Waals surface area (Å²) in [4.78, 5) is 12.7. The van der Waals surface area contributed by atoms with Crippen LogP contribution in [0.2, 0.25) is 10.0 Å². The average Bonchev–Trinajstić information content (AvgIpc) is 2.46. The monoisotopic (exact) mass is 324 g/mol. The predicted octanol–water partition coefficient (Wildman–Crippen LogP) is 5.58. The average molecular weight is 325 g/mol. The van der Waals surface area contributed by atoms with Crippen molar-refractivity contribution in [1.82, 2.24) is 0 Å². The Hall–Kier alpha value is -1.21. The van der Waals surface area contributed by atoms with Crippen LogP contribution in [0.1, 0.15) is 34.1 Å². The third-order valence-electron chi connectivity index (χ3n) is 3.00. The molecule has 0 aliphatic rings. The van der Waals surface area contributed by atoms with Crippen molar-refractivity contribution in [3.8, 4) is 0 Å². The highest BCUT2D eigenvalue weighted by Gasteiger charge is 2.21. The Morgan fingerprint density at radius 3 is 2.25 bits per heavy atom. The van der Waals surface area contributed by atoms with Gasteiger partial charge in [-0.1, -0.05) is 53.5 Å². The number of carbonyl (C=O) groups is 1. The van der Waals surface area contributed by atoms with E-state index in [9.17, 15) is 9.36 Å².